The lowest BCUT2D eigenvalue weighted by molar-refractivity contribution is -0.140. The van der Waals surface area contributed by atoms with Gasteiger partial charge in [-0.1, -0.05) is 38.0 Å². The standard InChI is InChI=1S/C24H33N3O3/c1-3-16(2)27-22(29)19-9-5-4-8-18(19)20(24(27)12-6-7-13-24)23(30)26-14-10-17(11-15-26)21(25)28/h4-5,8-9,16-17,20H,3,6-7,10-15H2,1-2H3,(H2,25,28)/t16-,20+/m0/s1. The lowest BCUT2D eigenvalue weighted by atomic mass is 9.70. The summed E-state index contributed by atoms with van der Waals surface area (Å²) in [6, 6.07) is 7.75. The van der Waals surface area contributed by atoms with Gasteiger partial charge in [-0.25, -0.2) is 0 Å². The van der Waals surface area contributed by atoms with E-state index >= 15 is 0 Å². The molecule has 3 amide bonds. The summed E-state index contributed by atoms with van der Waals surface area (Å²) < 4.78 is 0. The number of carbonyl (C=O) groups is 3. The third-order valence-electron chi connectivity index (χ3n) is 7.70. The topological polar surface area (TPSA) is 83.7 Å². The summed E-state index contributed by atoms with van der Waals surface area (Å²) in [5.41, 5.74) is 6.59. The lowest BCUT2D eigenvalue weighted by Gasteiger charge is -2.53. The Morgan fingerprint density at radius 1 is 1.17 bits per heavy atom. The van der Waals surface area contributed by atoms with Crippen molar-refractivity contribution < 1.29 is 14.4 Å². The van der Waals surface area contributed by atoms with Gasteiger partial charge >= 0.3 is 0 Å². The summed E-state index contributed by atoms with van der Waals surface area (Å²) in [6.45, 7) is 5.31. The van der Waals surface area contributed by atoms with Crippen LogP contribution in [0, 0.1) is 5.92 Å². The highest BCUT2D eigenvalue weighted by Crippen LogP contribution is 2.52. The van der Waals surface area contributed by atoms with Gasteiger partial charge < -0.3 is 15.5 Å². The van der Waals surface area contributed by atoms with Gasteiger partial charge in [0, 0.05) is 30.6 Å². The Morgan fingerprint density at radius 3 is 2.40 bits per heavy atom. The predicted octanol–water partition coefficient (Wildman–Crippen LogP) is 3.06. The van der Waals surface area contributed by atoms with Crippen molar-refractivity contribution in [1.82, 2.24) is 9.80 Å². The molecular weight excluding hydrogens is 378 g/mol. The second-order valence-corrected chi connectivity index (χ2v) is 9.27. The minimum atomic E-state index is -0.446. The summed E-state index contributed by atoms with van der Waals surface area (Å²) in [5.74, 6) is -0.586. The molecule has 2 atom stereocenters. The Balaban J connectivity index is 1.76. The van der Waals surface area contributed by atoms with Gasteiger partial charge in [-0.2, -0.15) is 0 Å². The van der Waals surface area contributed by atoms with Crippen LogP contribution in [0.15, 0.2) is 24.3 Å². The number of hydrogen-bond acceptors (Lipinski definition) is 3. The van der Waals surface area contributed by atoms with Gasteiger partial charge in [-0.05, 0) is 50.7 Å². The van der Waals surface area contributed by atoms with Gasteiger partial charge in [-0.15, -0.1) is 0 Å². The number of piperidine rings is 1. The first kappa shape index (κ1) is 20.9. The highest BCUT2D eigenvalue weighted by molar-refractivity contribution is 6.02. The molecule has 162 valence electrons. The Hall–Kier alpha value is -2.37. The molecule has 0 bridgehead atoms. The van der Waals surface area contributed by atoms with E-state index in [1.165, 1.54) is 0 Å². The number of amides is 3. The highest BCUT2D eigenvalue weighted by atomic mass is 16.2. The summed E-state index contributed by atoms with van der Waals surface area (Å²) in [5, 5.41) is 0. The van der Waals surface area contributed by atoms with E-state index in [1.807, 2.05) is 29.2 Å². The molecule has 2 aliphatic heterocycles. The van der Waals surface area contributed by atoms with Crippen LogP contribution in [0.4, 0.5) is 0 Å². The van der Waals surface area contributed by atoms with Crippen molar-refractivity contribution in [1.29, 1.82) is 0 Å². The molecule has 4 rings (SSSR count). The molecule has 6 nitrogen and oxygen atoms in total. The molecule has 1 aliphatic carbocycles. The van der Waals surface area contributed by atoms with Crippen LogP contribution in [0.25, 0.3) is 0 Å². The van der Waals surface area contributed by atoms with Crippen molar-refractivity contribution in [2.75, 3.05) is 13.1 Å². The van der Waals surface area contributed by atoms with Gasteiger partial charge in [0.2, 0.25) is 11.8 Å². The van der Waals surface area contributed by atoms with Crippen molar-refractivity contribution in [2.24, 2.45) is 11.7 Å². The van der Waals surface area contributed by atoms with Crippen LogP contribution in [-0.4, -0.2) is 52.2 Å². The van der Waals surface area contributed by atoms with Crippen molar-refractivity contribution >= 4 is 17.7 Å². The Morgan fingerprint density at radius 2 is 1.80 bits per heavy atom. The number of rotatable bonds is 4. The maximum absolute atomic E-state index is 14.0. The van der Waals surface area contributed by atoms with Crippen molar-refractivity contribution in [3.8, 4) is 0 Å². The van der Waals surface area contributed by atoms with Crippen molar-refractivity contribution in [2.45, 2.75) is 76.3 Å². The molecule has 6 heteroatoms. The Bertz CT molecular complexity index is 838. The minimum absolute atomic E-state index is 0.0679. The summed E-state index contributed by atoms with van der Waals surface area (Å²) in [6.07, 6.45) is 5.91. The van der Waals surface area contributed by atoms with Crippen molar-refractivity contribution in [3.63, 3.8) is 0 Å². The Kier molecular flexibility index (Phi) is 5.60. The molecule has 1 aromatic rings. The fraction of sp³-hybridized carbons (Fsp3) is 0.625. The van der Waals surface area contributed by atoms with Crippen molar-refractivity contribution in [3.05, 3.63) is 35.4 Å². The van der Waals surface area contributed by atoms with Gasteiger partial charge in [0.25, 0.3) is 5.91 Å². The van der Waals surface area contributed by atoms with Gasteiger partial charge in [-0.3, -0.25) is 14.4 Å². The van der Waals surface area contributed by atoms with E-state index in [9.17, 15) is 14.4 Å². The lowest BCUT2D eigenvalue weighted by Crippen LogP contribution is -2.63. The smallest absolute Gasteiger partial charge is 0.254 e. The number of nitrogens with two attached hydrogens (primary N) is 1. The quantitative estimate of drug-likeness (QED) is 0.826. The number of carbonyl (C=O) groups excluding carboxylic acids is 3. The number of likely N-dealkylation sites (tertiary alicyclic amines) is 1. The minimum Gasteiger partial charge on any atom is -0.369 e. The Labute approximate surface area is 178 Å². The second-order valence-electron chi connectivity index (χ2n) is 9.27. The molecule has 0 aromatic heterocycles. The molecule has 2 heterocycles. The number of nitrogens with zero attached hydrogens (tertiary/aromatic N) is 2. The molecular formula is C24H33N3O3. The van der Waals surface area contributed by atoms with Crippen LogP contribution in [0.2, 0.25) is 0 Å². The highest BCUT2D eigenvalue weighted by Gasteiger charge is 2.57. The summed E-state index contributed by atoms with van der Waals surface area (Å²) in [4.78, 5) is 43.1. The average molecular weight is 412 g/mol. The predicted molar refractivity (Wildman–Crippen MR) is 115 cm³/mol. The van der Waals surface area contributed by atoms with Crippen LogP contribution < -0.4 is 5.73 Å². The first-order valence-electron chi connectivity index (χ1n) is 11.4. The molecule has 3 aliphatic rings. The molecule has 0 radical (unpaired) electrons. The van der Waals surface area contributed by atoms with Crippen LogP contribution in [0.3, 0.4) is 0 Å². The monoisotopic (exact) mass is 411 g/mol. The summed E-state index contributed by atoms with van der Waals surface area (Å²) in [7, 11) is 0. The van der Waals surface area contributed by atoms with E-state index in [2.05, 4.69) is 18.7 Å². The zero-order valence-electron chi connectivity index (χ0n) is 18.1. The zero-order valence-corrected chi connectivity index (χ0v) is 18.1. The zero-order chi connectivity index (χ0) is 21.5. The fourth-order valence-electron chi connectivity index (χ4n) is 5.97. The molecule has 2 N–H and O–H groups in total. The first-order chi connectivity index (χ1) is 14.4. The van der Waals surface area contributed by atoms with Gasteiger partial charge in [0.05, 0.1) is 11.5 Å². The number of benzene rings is 1. The SMILES string of the molecule is CC[C@H](C)N1C(=O)c2ccccc2[C@H](C(=O)N2CCC(C(N)=O)CC2)C12CCCC2. The van der Waals surface area contributed by atoms with E-state index in [0.717, 1.165) is 37.7 Å². The van der Waals surface area contributed by atoms with E-state index in [0.29, 0.717) is 31.5 Å². The fourth-order valence-corrected chi connectivity index (χ4v) is 5.97. The van der Waals surface area contributed by atoms with Gasteiger partial charge in [0.1, 0.15) is 0 Å². The third kappa shape index (κ3) is 3.21. The van der Waals surface area contributed by atoms with Crippen LogP contribution >= 0.6 is 0 Å². The molecule has 1 aromatic carbocycles. The second kappa shape index (κ2) is 8.05. The molecule has 1 spiro atoms. The maximum Gasteiger partial charge on any atom is 0.254 e. The van der Waals surface area contributed by atoms with Gasteiger partial charge in [0.15, 0.2) is 0 Å². The largest absolute Gasteiger partial charge is 0.369 e. The van der Waals surface area contributed by atoms with Crippen LogP contribution in [0.5, 0.6) is 0 Å². The molecule has 1 saturated heterocycles. The van der Waals surface area contributed by atoms with E-state index in [1.54, 1.807) is 0 Å². The van der Waals surface area contributed by atoms with Crippen LogP contribution in [-0.2, 0) is 9.59 Å². The average Bonchev–Trinajstić information content (AvgIpc) is 3.23. The molecule has 30 heavy (non-hydrogen) atoms. The molecule has 2 fully saturated rings. The first-order valence-corrected chi connectivity index (χ1v) is 11.4. The van der Waals surface area contributed by atoms with E-state index < -0.39 is 5.54 Å². The van der Waals surface area contributed by atoms with E-state index in [-0.39, 0.29) is 35.6 Å². The number of hydrogen-bond donors (Lipinski definition) is 1. The van der Waals surface area contributed by atoms with E-state index in [4.69, 9.17) is 5.73 Å². The molecule has 1 saturated carbocycles. The normalized spacial score (nSPS) is 24.7. The van der Waals surface area contributed by atoms with Crippen LogP contribution in [0.1, 0.15) is 80.6 Å². The summed E-state index contributed by atoms with van der Waals surface area (Å²) >= 11 is 0. The third-order valence-corrected chi connectivity index (χ3v) is 7.70. The maximum atomic E-state index is 14.0. The molecule has 0 unspecified atom stereocenters. The number of fused-ring (bicyclic) bond motifs is 1. The number of primary amides is 1.